The fourth-order valence-electron chi connectivity index (χ4n) is 2.65. The van der Waals surface area contributed by atoms with Crippen LogP contribution in [-0.2, 0) is 6.54 Å². The third-order valence-corrected chi connectivity index (χ3v) is 3.64. The Morgan fingerprint density at radius 3 is 3.24 bits per heavy atom. The molecule has 104 valence electrons. The zero-order chi connectivity index (χ0) is 14.2. The van der Waals surface area contributed by atoms with Gasteiger partial charge in [0.25, 0.3) is 0 Å². The first-order valence-electron chi connectivity index (χ1n) is 6.73. The van der Waals surface area contributed by atoms with Crippen molar-refractivity contribution < 1.29 is 0 Å². The molecule has 0 fully saturated rings. The highest BCUT2D eigenvalue weighted by Crippen LogP contribution is 2.10. The molecule has 7 nitrogen and oxygen atoms in total. The van der Waals surface area contributed by atoms with Crippen LogP contribution in [0.3, 0.4) is 0 Å². The Labute approximate surface area is 120 Å². The average Bonchev–Trinajstić information content (AvgIpc) is 3.21. The quantitative estimate of drug-likeness (QED) is 0.746. The molecule has 4 rings (SSSR count). The first kappa shape index (κ1) is 11.8. The molecule has 2 aromatic heterocycles. The monoisotopic (exact) mass is 279 g/mol. The van der Waals surface area contributed by atoms with E-state index in [0.717, 1.165) is 22.0 Å². The smallest absolute Gasteiger partial charge is 0.124 e. The molecule has 4 heterocycles. The highest BCUT2D eigenvalue weighted by Gasteiger charge is 2.21. The number of hydrogen-bond donors (Lipinski definition) is 2. The van der Waals surface area contributed by atoms with E-state index in [1.54, 1.807) is 17.2 Å². The van der Waals surface area contributed by atoms with Crippen LogP contribution in [0.5, 0.6) is 0 Å². The number of nitrogens with zero attached hydrogens (tertiary/aromatic N) is 5. The van der Waals surface area contributed by atoms with Crippen molar-refractivity contribution in [3.63, 3.8) is 0 Å². The number of nitriles is 1. The molecule has 7 heteroatoms. The molecular weight excluding hydrogens is 266 g/mol. The van der Waals surface area contributed by atoms with E-state index in [0.29, 0.717) is 13.0 Å². The van der Waals surface area contributed by atoms with E-state index in [1.165, 1.54) is 0 Å². The highest BCUT2D eigenvalue weighted by atomic mass is 15.3. The number of imidazole rings is 1. The Balaban J connectivity index is 1.84. The summed E-state index contributed by atoms with van der Waals surface area (Å²) in [5, 5.41) is 21.4. The molecule has 2 N–H and O–H groups in total. The van der Waals surface area contributed by atoms with Crippen LogP contribution in [0.25, 0.3) is 17.5 Å². The first-order chi connectivity index (χ1) is 10.4. The zero-order valence-electron chi connectivity index (χ0n) is 11.2. The highest BCUT2D eigenvalue weighted by molar-refractivity contribution is 5.66. The van der Waals surface area contributed by atoms with Gasteiger partial charge in [-0.05, 0) is 12.3 Å². The molecule has 2 aromatic rings. The van der Waals surface area contributed by atoms with Crippen molar-refractivity contribution >= 4 is 11.8 Å². The van der Waals surface area contributed by atoms with Crippen molar-refractivity contribution in [3.05, 3.63) is 41.7 Å². The minimum Gasteiger partial charge on any atom is -0.368 e. The van der Waals surface area contributed by atoms with Gasteiger partial charge in [0.2, 0.25) is 0 Å². The maximum Gasteiger partial charge on any atom is 0.124 e. The van der Waals surface area contributed by atoms with Gasteiger partial charge < -0.3 is 10.6 Å². The van der Waals surface area contributed by atoms with E-state index < -0.39 is 0 Å². The normalized spacial score (nSPS) is 18.2. The molecule has 21 heavy (non-hydrogen) atoms. The summed E-state index contributed by atoms with van der Waals surface area (Å²) in [7, 11) is 0. The van der Waals surface area contributed by atoms with Gasteiger partial charge in [-0.3, -0.25) is 9.25 Å². The summed E-state index contributed by atoms with van der Waals surface area (Å²) >= 11 is 0. The third-order valence-electron chi connectivity index (χ3n) is 3.64. The summed E-state index contributed by atoms with van der Waals surface area (Å²) in [6, 6.07) is 2.13. The number of aryl methyl sites for hydroxylation is 1. The van der Waals surface area contributed by atoms with Crippen LogP contribution < -0.4 is 21.3 Å². The molecule has 0 aliphatic carbocycles. The Morgan fingerprint density at radius 2 is 2.33 bits per heavy atom. The fourth-order valence-corrected chi connectivity index (χ4v) is 2.65. The molecule has 0 radical (unpaired) electrons. The minimum atomic E-state index is 0.0987. The second-order valence-electron chi connectivity index (χ2n) is 4.92. The summed E-state index contributed by atoms with van der Waals surface area (Å²) in [5.74, 6) is 0. The fraction of sp³-hybridized carbons (Fsp3) is 0.214. The lowest BCUT2D eigenvalue weighted by Crippen LogP contribution is -2.47. The standard InChI is InChI=1S/C14H13N7/c15-3-1-5-20-8-10(6-19-20)21-9-18-12-7-17-14-11(13(12)21)2-4-16-14/h2,4,6-9,14,16-17H,1,5H2. The van der Waals surface area contributed by atoms with Gasteiger partial charge in [0, 0.05) is 18.0 Å². The lowest BCUT2D eigenvalue weighted by atomic mass is 10.2. The summed E-state index contributed by atoms with van der Waals surface area (Å²) in [6.45, 7) is 0.599. The van der Waals surface area contributed by atoms with Crippen molar-refractivity contribution in [1.82, 2.24) is 30.0 Å². The van der Waals surface area contributed by atoms with E-state index in [1.807, 2.05) is 23.2 Å². The first-order valence-corrected chi connectivity index (χ1v) is 6.73. The molecule has 1 atom stereocenters. The molecule has 0 bridgehead atoms. The molecule has 0 saturated carbocycles. The van der Waals surface area contributed by atoms with Crippen molar-refractivity contribution in [1.29, 1.82) is 5.26 Å². The molecule has 0 aromatic carbocycles. The molecule has 1 unspecified atom stereocenters. The second kappa shape index (κ2) is 4.52. The number of fused-ring (bicyclic) bond motifs is 2. The third kappa shape index (κ3) is 1.80. The van der Waals surface area contributed by atoms with Gasteiger partial charge in [0.05, 0.1) is 36.3 Å². The van der Waals surface area contributed by atoms with Crippen LogP contribution in [0, 0.1) is 11.3 Å². The maximum atomic E-state index is 8.64. The lowest BCUT2D eigenvalue weighted by molar-refractivity contribution is 0.627. The van der Waals surface area contributed by atoms with Gasteiger partial charge in [0.1, 0.15) is 17.8 Å². The number of aromatic nitrogens is 4. The van der Waals surface area contributed by atoms with Gasteiger partial charge >= 0.3 is 0 Å². The molecule has 2 aliphatic heterocycles. The van der Waals surface area contributed by atoms with Gasteiger partial charge in [-0.25, -0.2) is 4.98 Å². The van der Waals surface area contributed by atoms with Crippen molar-refractivity contribution in [3.8, 4) is 11.8 Å². The Bertz CT molecular complexity index is 877. The Morgan fingerprint density at radius 1 is 1.38 bits per heavy atom. The van der Waals surface area contributed by atoms with E-state index in [4.69, 9.17) is 5.26 Å². The van der Waals surface area contributed by atoms with E-state index in [-0.39, 0.29) is 6.17 Å². The predicted octanol–water partition coefficient (Wildman–Crippen LogP) is -1.08. The Hall–Kier alpha value is -3.01. The van der Waals surface area contributed by atoms with Crippen LogP contribution >= 0.6 is 0 Å². The molecular formula is C14H13N7. The number of nitrogens with one attached hydrogen (secondary N) is 2. The van der Waals surface area contributed by atoms with E-state index >= 15 is 0 Å². The van der Waals surface area contributed by atoms with Crippen LogP contribution in [-0.4, -0.2) is 25.5 Å². The van der Waals surface area contributed by atoms with Gasteiger partial charge in [-0.1, -0.05) is 0 Å². The second-order valence-corrected chi connectivity index (χ2v) is 4.92. The van der Waals surface area contributed by atoms with Crippen LogP contribution in [0.2, 0.25) is 0 Å². The van der Waals surface area contributed by atoms with E-state index in [9.17, 15) is 0 Å². The summed E-state index contributed by atoms with van der Waals surface area (Å²) in [5.41, 5.74) is 2.11. The lowest BCUT2D eigenvalue weighted by Gasteiger charge is -2.16. The molecule has 0 amide bonds. The molecule has 0 spiro atoms. The number of hydrogen-bond acceptors (Lipinski definition) is 5. The SMILES string of the molecule is N#CCCn1cc(-n2cnc3c2=C2C=CNC2NC=3)cn1. The largest absolute Gasteiger partial charge is 0.368 e. The molecule has 0 saturated heterocycles. The average molecular weight is 279 g/mol. The summed E-state index contributed by atoms with van der Waals surface area (Å²) < 4.78 is 3.81. The maximum absolute atomic E-state index is 8.64. The topological polar surface area (TPSA) is 83.5 Å². The molecule has 2 aliphatic rings. The zero-order valence-corrected chi connectivity index (χ0v) is 11.2. The van der Waals surface area contributed by atoms with Crippen molar-refractivity contribution in [2.45, 2.75) is 19.1 Å². The van der Waals surface area contributed by atoms with Crippen LogP contribution in [0.4, 0.5) is 0 Å². The summed E-state index contributed by atoms with van der Waals surface area (Å²) in [4.78, 5) is 4.44. The van der Waals surface area contributed by atoms with Crippen molar-refractivity contribution in [2.75, 3.05) is 0 Å². The van der Waals surface area contributed by atoms with Gasteiger partial charge in [-0.2, -0.15) is 10.4 Å². The van der Waals surface area contributed by atoms with Crippen LogP contribution in [0.15, 0.2) is 31.0 Å². The summed E-state index contributed by atoms with van der Waals surface area (Å²) in [6.07, 6.45) is 12.0. The van der Waals surface area contributed by atoms with Crippen molar-refractivity contribution in [2.24, 2.45) is 0 Å². The minimum absolute atomic E-state index is 0.0987. The predicted molar refractivity (Wildman–Crippen MR) is 75.9 cm³/mol. The number of rotatable bonds is 3. The van der Waals surface area contributed by atoms with Gasteiger partial charge in [0.15, 0.2) is 0 Å². The van der Waals surface area contributed by atoms with Crippen LogP contribution in [0.1, 0.15) is 6.42 Å². The van der Waals surface area contributed by atoms with Gasteiger partial charge in [-0.15, -0.1) is 0 Å². The Kier molecular flexibility index (Phi) is 2.54. The van der Waals surface area contributed by atoms with E-state index in [2.05, 4.69) is 32.9 Å².